The summed E-state index contributed by atoms with van der Waals surface area (Å²) in [6.45, 7) is 1.72. The average Bonchev–Trinajstić information content (AvgIpc) is 2.05. The van der Waals surface area contributed by atoms with Crippen molar-refractivity contribution in [2.75, 3.05) is 6.67 Å². The molecule has 0 amide bonds. The summed E-state index contributed by atoms with van der Waals surface area (Å²) >= 11 is 0. The lowest BCUT2D eigenvalue weighted by atomic mass is 10.1. The predicted octanol–water partition coefficient (Wildman–Crippen LogP) is 0.983. The summed E-state index contributed by atoms with van der Waals surface area (Å²) in [7, 11) is 0. The van der Waals surface area contributed by atoms with E-state index in [1.54, 1.807) is 0 Å². The van der Waals surface area contributed by atoms with Gasteiger partial charge in [0.15, 0.2) is 0 Å². The summed E-state index contributed by atoms with van der Waals surface area (Å²) in [4.78, 5) is 0. The van der Waals surface area contributed by atoms with E-state index in [0.717, 1.165) is 18.9 Å². The van der Waals surface area contributed by atoms with Gasteiger partial charge >= 0.3 is 0 Å². The highest BCUT2D eigenvalue weighted by Crippen LogP contribution is 2.16. The monoisotopic (exact) mass is 133 g/mol. The predicted molar refractivity (Wildman–Crippen MR) is 39.9 cm³/mol. The van der Waals surface area contributed by atoms with Gasteiger partial charge in [-0.05, 0) is 11.6 Å². The van der Waals surface area contributed by atoms with E-state index in [4.69, 9.17) is 0 Å². The lowest BCUT2D eigenvalue weighted by molar-refractivity contribution is 0.611. The van der Waals surface area contributed by atoms with Crippen molar-refractivity contribution in [3.05, 3.63) is 29.8 Å². The summed E-state index contributed by atoms with van der Waals surface area (Å²) < 4.78 is 0. The van der Waals surface area contributed by atoms with E-state index in [1.165, 1.54) is 5.56 Å². The molecule has 1 aliphatic rings. The zero-order chi connectivity index (χ0) is 6.81. The molecule has 0 saturated carbocycles. The summed E-state index contributed by atoms with van der Waals surface area (Å²) in [6, 6.07) is 8.22. The molecule has 1 N–H and O–H groups in total. The van der Waals surface area contributed by atoms with Crippen molar-refractivity contribution in [3.8, 4) is 0 Å². The van der Waals surface area contributed by atoms with E-state index in [9.17, 15) is 0 Å². The van der Waals surface area contributed by atoms with E-state index in [2.05, 4.69) is 22.8 Å². The molecule has 0 unspecified atom stereocenters. The van der Waals surface area contributed by atoms with Crippen LogP contribution in [-0.4, -0.2) is 6.67 Å². The fraction of sp³-hybridized carbons (Fsp3) is 0.250. The lowest BCUT2D eigenvalue weighted by Gasteiger charge is -2.15. The summed E-state index contributed by atoms with van der Waals surface area (Å²) in [5.74, 6) is 0. The maximum Gasteiger partial charge on any atom is 0.0894 e. The normalized spacial score (nSPS) is 15.6. The van der Waals surface area contributed by atoms with Crippen LogP contribution < -0.4 is 10.6 Å². The first-order valence-electron chi connectivity index (χ1n) is 3.43. The second-order valence-electron chi connectivity index (χ2n) is 2.37. The van der Waals surface area contributed by atoms with Crippen LogP contribution in [0.25, 0.3) is 0 Å². The Balaban J connectivity index is 2.41. The Kier molecular flexibility index (Phi) is 1.32. The number of nitrogens with one attached hydrogen (secondary N) is 1. The molecular formula is C8H9N2. The summed E-state index contributed by atoms with van der Waals surface area (Å²) in [6.07, 6.45) is 0. The SMILES string of the molecule is c1ccc2c(c1)CNC[N]2. The fourth-order valence-corrected chi connectivity index (χ4v) is 1.15. The third-order valence-corrected chi connectivity index (χ3v) is 1.67. The topological polar surface area (TPSA) is 26.1 Å². The van der Waals surface area contributed by atoms with Gasteiger partial charge in [0, 0.05) is 6.54 Å². The summed E-state index contributed by atoms with van der Waals surface area (Å²) in [5, 5.41) is 7.46. The van der Waals surface area contributed by atoms with Gasteiger partial charge in [-0.25, -0.2) is 0 Å². The molecule has 0 saturated heterocycles. The lowest BCUT2D eigenvalue weighted by Crippen LogP contribution is -2.26. The van der Waals surface area contributed by atoms with Crippen LogP contribution in [0.5, 0.6) is 0 Å². The first kappa shape index (κ1) is 5.74. The van der Waals surface area contributed by atoms with Crippen LogP contribution >= 0.6 is 0 Å². The number of fused-ring (bicyclic) bond motifs is 1. The van der Waals surface area contributed by atoms with Crippen LogP contribution in [0.3, 0.4) is 0 Å². The summed E-state index contributed by atoms with van der Waals surface area (Å²) in [5.41, 5.74) is 2.44. The Morgan fingerprint density at radius 1 is 1.30 bits per heavy atom. The van der Waals surface area contributed by atoms with Gasteiger partial charge in [0.1, 0.15) is 0 Å². The van der Waals surface area contributed by atoms with Crippen LogP contribution in [0, 0.1) is 0 Å². The highest BCUT2D eigenvalue weighted by Gasteiger charge is 2.05. The number of para-hydroxylation sites is 1. The van der Waals surface area contributed by atoms with E-state index in [0.29, 0.717) is 0 Å². The number of benzene rings is 1. The van der Waals surface area contributed by atoms with Crippen molar-refractivity contribution >= 4 is 5.69 Å². The van der Waals surface area contributed by atoms with E-state index in [-0.39, 0.29) is 0 Å². The molecule has 2 heteroatoms. The maximum absolute atomic E-state index is 4.28. The van der Waals surface area contributed by atoms with Gasteiger partial charge in [0.25, 0.3) is 0 Å². The van der Waals surface area contributed by atoms with Gasteiger partial charge in [-0.15, -0.1) is 0 Å². The molecule has 0 aliphatic carbocycles. The van der Waals surface area contributed by atoms with Crippen molar-refractivity contribution in [2.45, 2.75) is 6.54 Å². The second kappa shape index (κ2) is 2.31. The Morgan fingerprint density at radius 2 is 2.20 bits per heavy atom. The third kappa shape index (κ3) is 0.866. The van der Waals surface area contributed by atoms with Crippen LogP contribution in [-0.2, 0) is 6.54 Å². The van der Waals surface area contributed by atoms with Crippen LogP contribution in [0.2, 0.25) is 0 Å². The molecule has 1 heterocycles. The van der Waals surface area contributed by atoms with Crippen molar-refractivity contribution in [1.29, 1.82) is 0 Å². The smallest absolute Gasteiger partial charge is 0.0894 e. The van der Waals surface area contributed by atoms with Crippen LogP contribution in [0.15, 0.2) is 24.3 Å². The van der Waals surface area contributed by atoms with Gasteiger partial charge < -0.3 is 0 Å². The number of hydrogen-bond donors (Lipinski definition) is 1. The molecular weight excluding hydrogens is 124 g/mol. The number of rotatable bonds is 0. The van der Waals surface area contributed by atoms with Crippen molar-refractivity contribution in [2.24, 2.45) is 0 Å². The molecule has 0 spiro atoms. The fourth-order valence-electron chi connectivity index (χ4n) is 1.15. The minimum absolute atomic E-state index is 0.761. The largest absolute Gasteiger partial charge is 0.294 e. The third-order valence-electron chi connectivity index (χ3n) is 1.67. The maximum atomic E-state index is 4.28. The zero-order valence-corrected chi connectivity index (χ0v) is 5.67. The average molecular weight is 133 g/mol. The van der Waals surface area contributed by atoms with Crippen molar-refractivity contribution in [1.82, 2.24) is 10.6 Å². The standard InChI is InChI=1S/C8H9N2/c1-2-4-8-7(3-1)5-9-6-10-8/h1-4,9H,5-6H2. The van der Waals surface area contributed by atoms with Gasteiger partial charge in [-0.1, -0.05) is 18.2 Å². The quantitative estimate of drug-likeness (QED) is 0.561. The Morgan fingerprint density at radius 3 is 3.10 bits per heavy atom. The van der Waals surface area contributed by atoms with Crippen LogP contribution in [0.1, 0.15) is 5.56 Å². The molecule has 0 aromatic heterocycles. The molecule has 2 nitrogen and oxygen atoms in total. The molecule has 51 valence electrons. The van der Waals surface area contributed by atoms with Gasteiger partial charge in [-0.3, -0.25) is 10.6 Å². The first-order chi connectivity index (χ1) is 4.97. The Hall–Kier alpha value is -1.02. The Labute approximate surface area is 60.3 Å². The minimum atomic E-state index is 0.761. The molecule has 1 aromatic rings. The van der Waals surface area contributed by atoms with Crippen molar-refractivity contribution < 1.29 is 0 Å². The van der Waals surface area contributed by atoms with Gasteiger partial charge in [-0.2, -0.15) is 0 Å². The molecule has 1 aromatic carbocycles. The Bertz CT molecular complexity index is 207. The molecule has 0 bridgehead atoms. The first-order valence-corrected chi connectivity index (χ1v) is 3.43. The zero-order valence-electron chi connectivity index (χ0n) is 5.67. The minimum Gasteiger partial charge on any atom is -0.294 e. The van der Waals surface area contributed by atoms with Crippen LogP contribution in [0.4, 0.5) is 5.69 Å². The molecule has 1 radical (unpaired) electrons. The molecule has 2 rings (SSSR count). The molecule has 1 aliphatic heterocycles. The van der Waals surface area contributed by atoms with Crippen molar-refractivity contribution in [3.63, 3.8) is 0 Å². The number of nitrogens with zero attached hydrogens (tertiary/aromatic N) is 1. The van der Waals surface area contributed by atoms with E-state index in [1.807, 2.05) is 12.1 Å². The van der Waals surface area contributed by atoms with Gasteiger partial charge in [0.2, 0.25) is 0 Å². The second-order valence-corrected chi connectivity index (χ2v) is 2.37. The number of hydrogen-bond acceptors (Lipinski definition) is 1. The highest BCUT2D eigenvalue weighted by atomic mass is 15.1. The van der Waals surface area contributed by atoms with E-state index >= 15 is 0 Å². The highest BCUT2D eigenvalue weighted by molar-refractivity contribution is 5.45. The molecule has 0 fully saturated rings. The molecule has 10 heavy (non-hydrogen) atoms. The van der Waals surface area contributed by atoms with E-state index < -0.39 is 0 Å². The van der Waals surface area contributed by atoms with Gasteiger partial charge in [0.05, 0.1) is 12.4 Å². The molecule has 0 atom stereocenters.